The number of furan rings is 1. The van der Waals surface area contributed by atoms with Crippen LogP contribution in [-0.2, 0) is 19.0 Å². The summed E-state index contributed by atoms with van der Waals surface area (Å²) in [5, 5.41) is 13.1. The van der Waals surface area contributed by atoms with Gasteiger partial charge in [-0.05, 0) is 130 Å². The van der Waals surface area contributed by atoms with E-state index in [0.717, 1.165) is 76.0 Å². The lowest BCUT2D eigenvalue weighted by Crippen LogP contribution is -2.34. The summed E-state index contributed by atoms with van der Waals surface area (Å²) in [5.74, 6) is 1.79. The lowest BCUT2D eigenvalue weighted by atomic mass is 9.83. The number of ether oxygens (including phenoxy) is 1. The fourth-order valence-electron chi connectivity index (χ4n) is 6.83. The van der Waals surface area contributed by atoms with Gasteiger partial charge in [0.05, 0.1) is 12.2 Å². The summed E-state index contributed by atoms with van der Waals surface area (Å²) in [6.45, 7) is 4.00. The Morgan fingerprint density at radius 2 is 1.74 bits per heavy atom. The molecule has 1 aliphatic heterocycles. The molecular weight excluding hydrogens is 629 g/mol. The van der Waals surface area contributed by atoms with E-state index in [4.69, 9.17) is 9.15 Å². The van der Waals surface area contributed by atoms with Crippen molar-refractivity contribution in [1.82, 2.24) is 10.2 Å². The second-order valence-corrected chi connectivity index (χ2v) is 12.4. The molecule has 6 rings (SSSR count). The van der Waals surface area contributed by atoms with E-state index in [-0.39, 0.29) is 24.9 Å². The molecule has 0 atom stereocenters. The molecule has 252 valence electrons. The van der Waals surface area contributed by atoms with Crippen LogP contribution < -0.4 is 10.1 Å². The van der Waals surface area contributed by atoms with Gasteiger partial charge in [0.2, 0.25) is 0 Å². The van der Waals surface area contributed by atoms with Crippen LogP contribution in [0.5, 0.6) is 5.75 Å². The predicted molar refractivity (Wildman–Crippen MR) is 180 cm³/mol. The van der Waals surface area contributed by atoms with E-state index in [1.807, 2.05) is 0 Å². The molecule has 6 nitrogen and oxygen atoms in total. The van der Waals surface area contributed by atoms with Crippen molar-refractivity contribution in [3.63, 3.8) is 0 Å². The molecule has 0 spiro atoms. The number of carbonyl (C=O) groups excluding carboxylic acids is 1. The van der Waals surface area contributed by atoms with Crippen molar-refractivity contribution in [2.75, 3.05) is 39.4 Å². The Kier molecular flexibility index (Phi) is 11.5. The van der Waals surface area contributed by atoms with Crippen LogP contribution in [0, 0.1) is 0 Å². The standard InChI is InChI=1S/C37H41F3N2O4.ClH/c38-37(39,40)30-11-7-27(8-12-30)34-24-29-23-28(10-14-33(29)46-34)36(44)41-17-3-4-18-42-19-15-26(16-20-42)32-13-9-25-5-1-2-6-31(25)35(32)45-22-21-43;/h7-14,23-24,26,43H,1-6,15-22H2,(H,41,44);1H. The number of nitrogens with one attached hydrogen (secondary N) is 1. The van der Waals surface area contributed by atoms with Crippen molar-refractivity contribution in [1.29, 1.82) is 0 Å². The number of rotatable bonds is 11. The summed E-state index contributed by atoms with van der Waals surface area (Å²) in [5.41, 5.74) is 4.97. The quantitative estimate of drug-likeness (QED) is 0.158. The number of aliphatic hydroxyl groups is 1. The van der Waals surface area contributed by atoms with E-state index < -0.39 is 11.7 Å². The molecule has 47 heavy (non-hydrogen) atoms. The Morgan fingerprint density at radius 3 is 2.49 bits per heavy atom. The summed E-state index contributed by atoms with van der Waals surface area (Å²) < 4.78 is 50.7. The minimum Gasteiger partial charge on any atom is -0.491 e. The summed E-state index contributed by atoms with van der Waals surface area (Å²) in [4.78, 5) is 15.3. The molecule has 1 fully saturated rings. The van der Waals surface area contributed by atoms with Crippen molar-refractivity contribution in [3.05, 3.63) is 88.5 Å². The number of amides is 1. The highest BCUT2D eigenvalue weighted by Crippen LogP contribution is 2.40. The van der Waals surface area contributed by atoms with Gasteiger partial charge in [0, 0.05) is 23.1 Å². The van der Waals surface area contributed by atoms with Crippen LogP contribution in [0.2, 0.25) is 0 Å². The highest BCUT2D eigenvalue weighted by molar-refractivity contribution is 5.98. The van der Waals surface area contributed by atoms with Gasteiger partial charge in [-0.2, -0.15) is 13.2 Å². The van der Waals surface area contributed by atoms with Crippen molar-refractivity contribution in [2.24, 2.45) is 0 Å². The summed E-state index contributed by atoms with van der Waals surface area (Å²) in [7, 11) is 0. The van der Waals surface area contributed by atoms with Crippen LogP contribution in [-0.4, -0.2) is 55.3 Å². The molecule has 10 heteroatoms. The SMILES string of the molecule is Cl.O=C(NCCCCN1CCC(c2ccc3c(c2OCCO)CCCC3)CC1)c1ccc2oc(-c3ccc(C(F)(F)F)cc3)cc2c1. The normalized spacial score (nSPS) is 15.7. The van der Waals surface area contributed by atoms with Crippen LogP contribution in [0.1, 0.15) is 77.1 Å². The molecule has 0 unspecified atom stereocenters. The van der Waals surface area contributed by atoms with Crippen LogP contribution in [0.3, 0.4) is 0 Å². The first-order valence-corrected chi connectivity index (χ1v) is 16.4. The third-order valence-electron chi connectivity index (χ3n) is 9.34. The number of alkyl halides is 3. The average molecular weight is 671 g/mol. The number of aryl methyl sites for hydroxylation is 1. The molecule has 2 aliphatic rings. The third-order valence-corrected chi connectivity index (χ3v) is 9.34. The van der Waals surface area contributed by atoms with Gasteiger partial charge in [0.25, 0.3) is 5.91 Å². The molecule has 0 saturated carbocycles. The lowest BCUT2D eigenvalue weighted by molar-refractivity contribution is -0.137. The molecule has 3 aromatic carbocycles. The van der Waals surface area contributed by atoms with Crippen molar-refractivity contribution in [3.8, 4) is 17.1 Å². The number of aliphatic hydroxyl groups excluding tert-OH is 1. The van der Waals surface area contributed by atoms with E-state index in [1.165, 1.54) is 41.7 Å². The van der Waals surface area contributed by atoms with E-state index in [9.17, 15) is 23.1 Å². The Balaban J connectivity index is 0.00000433. The molecule has 1 aromatic heterocycles. The van der Waals surface area contributed by atoms with Crippen molar-refractivity contribution < 1.29 is 32.2 Å². The number of likely N-dealkylation sites (tertiary alicyclic amines) is 1. The largest absolute Gasteiger partial charge is 0.491 e. The Labute approximate surface area is 279 Å². The number of unbranched alkanes of at least 4 members (excludes halogenated alkanes) is 1. The maximum Gasteiger partial charge on any atom is 0.416 e. The smallest absolute Gasteiger partial charge is 0.416 e. The number of nitrogens with zero attached hydrogens (tertiary/aromatic N) is 1. The van der Waals surface area contributed by atoms with Gasteiger partial charge in [-0.1, -0.05) is 24.3 Å². The Morgan fingerprint density at radius 1 is 0.979 bits per heavy atom. The number of hydrogen-bond acceptors (Lipinski definition) is 5. The van der Waals surface area contributed by atoms with E-state index >= 15 is 0 Å². The maximum atomic E-state index is 12.9. The average Bonchev–Trinajstić information content (AvgIpc) is 3.50. The lowest BCUT2D eigenvalue weighted by Gasteiger charge is -2.34. The highest BCUT2D eigenvalue weighted by Gasteiger charge is 2.30. The minimum atomic E-state index is -4.39. The second kappa shape index (κ2) is 15.6. The number of halogens is 4. The fraction of sp³-hybridized carbons (Fsp3) is 0.432. The summed E-state index contributed by atoms with van der Waals surface area (Å²) in [6, 6.07) is 16.3. The summed E-state index contributed by atoms with van der Waals surface area (Å²) >= 11 is 0. The third kappa shape index (κ3) is 8.31. The van der Waals surface area contributed by atoms with Gasteiger partial charge in [0.15, 0.2) is 0 Å². The van der Waals surface area contributed by atoms with Crippen molar-refractivity contribution in [2.45, 2.75) is 63.5 Å². The van der Waals surface area contributed by atoms with Crippen LogP contribution in [0.15, 0.2) is 65.1 Å². The minimum absolute atomic E-state index is 0. The molecule has 0 radical (unpaired) electrons. The molecule has 1 aliphatic carbocycles. The topological polar surface area (TPSA) is 74.9 Å². The maximum absolute atomic E-state index is 12.9. The van der Waals surface area contributed by atoms with Gasteiger partial charge in [-0.25, -0.2) is 0 Å². The van der Waals surface area contributed by atoms with E-state index in [2.05, 4.69) is 22.3 Å². The van der Waals surface area contributed by atoms with E-state index in [1.54, 1.807) is 24.3 Å². The van der Waals surface area contributed by atoms with Crippen LogP contribution in [0.25, 0.3) is 22.3 Å². The van der Waals surface area contributed by atoms with Crippen LogP contribution in [0.4, 0.5) is 13.2 Å². The van der Waals surface area contributed by atoms with Gasteiger partial charge in [-0.3, -0.25) is 4.79 Å². The number of benzene rings is 3. The molecule has 2 heterocycles. The Hall–Kier alpha value is -3.53. The summed E-state index contributed by atoms with van der Waals surface area (Å²) in [6.07, 6.45) is 4.24. The second-order valence-electron chi connectivity index (χ2n) is 12.4. The molecule has 4 aromatic rings. The monoisotopic (exact) mass is 670 g/mol. The zero-order chi connectivity index (χ0) is 32.1. The Bertz CT molecular complexity index is 1650. The number of fused-ring (bicyclic) bond motifs is 2. The van der Waals surface area contributed by atoms with Gasteiger partial charge in [-0.15, -0.1) is 12.4 Å². The first-order chi connectivity index (χ1) is 22.3. The first kappa shape index (κ1) is 34.8. The molecule has 2 N–H and O–H groups in total. The molecular formula is C37H42ClF3N2O4. The fourth-order valence-corrected chi connectivity index (χ4v) is 6.83. The van der Waals surface area contributed by atoms with Gasteiger partial charge in [0.1, 0.15) is 23.7 Å². The molecule has 0 bridgehead atoms. The van der Waals surface area contributed by atoms with Crippen LogP contribution >= 0.6 is 12.4 Å². The predicted octanol–water partition coefficient (Wildman–Crippen LogP) is 8.18. The molecule has 1 amide bonds. The van der Waals surface area contributed by atoms with Crippen molar-refractivity contribution >= 4 is 29.3 Å². The molecule has 1 saturated heterocycles. The highest BCUT2D eigenvalue weighted by atomic mass is 35.5. The first-order valence-electron chi connectivity index (χ1n) is 16.4. The zero-order valence-corrected chi connectivity index (χ0v) is 27.2. The number of hydrogen-bond donors (Lipinski definition) is 2. The van der Waals surface area contributed by atoms with E-state index in [0.29, 0.717) is 46.9 Å². The van der Waals surface area contributed by atoms with Gasteiger partial charge >= 0.3 is 6.18 Å². The number of carbonyl (C=O) groups is 1. The zero-order valence-electron chi connectivity index (χ0n) is 26.4. The van der Waals surface area contributed by atoms with Gasteiger partial charge < -0.3 is 24.5 Å². The number of piperidine rings is 1.